The van der Waals surface area contributed by atoms with Gasteiger partial charge in [0.15, 0.2) is 0 Å². The minimum atomic E-state index is 0.977. The molecule has 2 nitrogen and oxygen atoms in total. The summed E-state index contributed by atoms with van der Waals surface area (Å²) in [7, 11) is 1.97. The van der Waals surface area contributed by atoms with E-state index in [1.54, 1.807) is 0 Å². The minimum absolute atomic E-state index is 0.977. The van der Waals surface area contributed by atoms with E-state index in [0.29, 0.717) is 0 Å². The quantitative estimate of drug-likeness (QED) is 0.849. The number of likely N-dealkylation sites (N-methyl/N-ethyl adjacent to an activating group) is 1. The van der Waals surface area contributed by atoms with Crippen molar-refractivity contribution in [1.82, 2.24) is 10.3 Å². The molecule has 0 atom stereocenters. The van der Waals surface area contributed by atoms with Crippen LogP contribution < -0.4 is 5.32 Å². The first-order valence-corrected chi connectivity index (χ1v) is 5.72. The van der Waals surface area contributed by atoms with E-state index in [1.807, 2.05) is 7.05 Å². The second-order valence-corrected chi connectivity index (χ2v) is 4.30. The topological polar surface area (TPSA) is 24.9 Å². The maximum atomic E-state index is 4.71. The molecule has 0 unspecified atom stereocenters. The first-order chi connectivity index (χ1) is 7.70. The molecular formula is C14H18N2. The van der Waals surface area contributed by atoms with E-state index in [9.17, 15) is 0 Å². The number of nitrogens with zero attached hydrogens (tertiary/aromatic N) is 1. The Morgan fingerprint density at radius 3 is 2.75 bits per heavy atom. The van der Waals surface area contributed by atoms with Gasteiger partial charge in [0.05, 0.1) is 5.52 Å². The minimum Gasteiger partial charge on any atom is -0.319 e. The molecule has 0 spiro atoms. The molecule has 0 aliphatic heterocycles. The van der Waals surface area contributed by atoms with Crippen LogP contribution in [-0.2, 0) is 6.42 Å². The van der Waals surface area contributed by atoms with Gasteiger partial charge in [-0.2, -0.15) is 0 Å². The molecule has 1 heterocycles. The van der Waals surface area contributed by atoms with Crippen LogP contribution in [-0.4, -0.2) is 18.6 Å². The summed E-state index contributed by atoms with van der Waals surface area (Å²) in [6.07, 6.45) is 0.992. The molecule has 0 fully saturated rings. The first kappa shape index (κ1) is 11.1. The number of nitrogens with one attached hydrogen (secondary N) is 1. The molecule has 84 valence electrons. The van der Waals surface area contributed by atoms with Crippen molar-refractivity contribution in [2.45, 2.75) is 20.3 Å². The third-order valence-corrected chi connectivity index (χ3v) is 2.88. The number of benzene rings is 1. The van der Waals surface area contributed by atoms with Crippen LogP contribution in [0.1, 0.15) is 16.8 Å². The number of hydrogen-bond acceptors (Lipinski definition) is 2. The van der Waals surface area contributed by atoms with Crippen LogP contribution in [0, 0.1) is 13.8 Å². The van der Waals surface area contributed by atoms with Gasteiger partial charge in [-0.25, -0.2) is 0 Å². The second-order valence-electron chi connectivity index (χ2n) is 4.30. The summed E-state index contributed by atoms with van der Waals surface area (Å²) in [4.78, 5) is 4.71. The van der Waals surface area contributed by atoms with Gasteiger partial charge in [0.2, 0.25) is 0 Å². The highest BCUT2D eigenvalue weighted by Gasteiger charge is 2.03. The molecule has 2 rings (SSSR count). The Kier molecular flexibility index (Phi) is 3.20. The lowest BCUT2D eigenvalue weighted by Crippen LogP contribution is -2.12. The maximum Gasteiger partial charge on any atom is 0.0705 e. The van der Waals surface area contributed by atoms with E-state index >= 15 is 0 Å². The Labute approximate surface area is 96.7 Å². The Hall–Kier alpha value is -1.41. The lowest BCUT2D eigenvalue weighted by Gasteiger charge is -2.07. The summed E-state index contributed by atoms with van der Waals surface area (Å²) in [5.41, 5.74) is 4.87. The molecule has 1 N–H and O–H groups in total. The van der Waals surface area contributed by atoms with Crippen molar-refractivity contribution in [2.24, 2.45) is 0 Å². The smallest absolute Gasteiger partial charge is 0.0705 e. The Morgan fingerprint density at radius 1 is 1.19 bits per heavy atom. The molecule has 2 aromatic rings. The lowest BCUT2D eigenvalue weighted by atomic mass is 10.1. The molecule has 1 aromatic carbocycles. The average Bonchev–Trinajstić information content (AvgIpc) is 2.26. The molecule has 0 bridgehead atoms. The zero-order chi connectivity index (χ0) is 11.5. The molecule has 16 heavy (non-hydrogen) atoms. The van der Waals surface area contributed by atoms with Crippen LogP contribution in [0.15, 0.2) is 24.3 Å². The van der Waals surface area contributed by atoms with Crippen molar-refractivity contribution in [3.63, 3.8) is 0 Å². The largest absolute Gasteiger partial charge is 0.319 e. The number of aryl methyl sites for hydroxylation is 2. The third-order valence-electron chi connectivity index (χ3n) is 2.88. The fourth-order valence-corrected chi connectivity index (χ4v) is 1.94. The average molecular weight is 214 g/mol. The van der Waals surface area contributed by atoms with Crippen LogP contribution in [0.25, 0.3) is 10.9 Å². The monoisotopic (exact) mass is 214 g/mol. The van der Waals surface area contributed by atoms with Crippen LogP contribution in [0.3, 0.4) is 0 Å². The van der Waals surface area contributed by atoms with Crippen molar-refractivity contribution in [3.8, 4) is 0 Å². The zero-order valence-electron chi connectivity index (χ0n) is 10.2. The number of rotatable bonds is 3. The van der Waals surface area contributed by atoms with Crippen molar-refractivity contribution >= 4 is 10.9 Å². The summed E-state index contributed by atoms with van der Waals surface area (Å²) in [5.74, 6) is 0. The fraction of sp³-hybridized carbons (Fsp3) is 0.357. The van der Waals surface area contributed by atoms with E-state index in [4.69, 9.17) is 4.98 Å². The fourth-order valence-electron chi connectivity index (χ4n) is 1.94. The molecular weight excluding hydrogens is 196 g/mol. The number of hydrogen-bond donors (Lipinski definition) is 1. The third kappa shape index (κ3) is 2.22. The molecule has 0 aliphatic rings. The first-order valence-electron chi connectivity index (χ1n) is 5.72. The standard InChI is InChI=1S/C14H18N2/c1-10-4-5-14-12(8-10)9-11(2)13(16-14)6-7-15-3/h4-5,8-9,15H,6-7H2,1-3H3. The summed E-state index contributed by atoms with van der Waals surface area (Å²) in [5, 5.41) is 4.40. The highest BCUT2D eigenvalue weighted by molar-refractivity contribution is 5.80. The van der Waals surface area contributed by atoms with Crippen LogP contribution in [0.5, 0.6) is 0 Å². The molecule has 1 aromatic heterocycles. The number of pyridine rings is 1. The van der Waals surface area contributed by atoms with Gasteiger partial charge >= 0.3 is 0 Å². The van der Waals surface area contributed by atoms with Gasteiger partial charge < -0.3 is 5.32 Å². The Bertz CT molecular complexity index is 503. The summed E-state index contributed by atoms with van der Waals surface area (Å²) >= 11 is 0. The van der Waals surface area contributed by atoms with Crippen LogP contribution in [0.2, 0.25) is 0 Å². The van der Waals surface area contributed by atoms with Crippen molar-refractivity contribution in [1.29, 1.82) is 0 Å². The number of aromatic nitrogens is 1. The van der Waals surface area contributed by atoms with Gasteiger partial charge in [-0.1, -0.05) is 11.6 Å². The lowest BCUT2D eigenvalue weighted by molar-refractivity contribution is 0.775. The van der Waals surface area contributed by atoms with Gasteiger partial charge in [0.1, 0.15) is 0 Å². The van der Waals surface area contributed by atoms with Gasteiger partial charge in [0.25, 0.3) is 0 Å². The molecule has 0 aliphatic carbocycles. The zero-order valence-corrected chi connectivity index (χ0v) is 10.2. The van der Waals surface area contributed by atoms with E-state index in [2.05, 4.69) is 43.4 Å². The van der Waals surface area contributed by atoms with Crippen molar-refractivity contribution in [3.05, 3.63) is 41.1 Å². The summed E-state index contributed by atoms with van der Waals surface area (Å²) < 4.78 is 0. The van der Waals surface area contributed by atoms with Crippen molar-refractivity contribution in [2.75, 3.05) is 13.6 Å². The molecule has 0 radical (unpaired) electrons. The van der Waals surface area contributed by atoms with Crippen LogP contribution in [0.4, 0.5) is 0 Å². The summed E-state index contributed by atoms with van der Waals surface area (Å²) in [6, 6.07) is 8.65. The van der Waals surface area contributed by atoms with E-state index < -0.39 is 0 Å². The van der Waals surface area contributed by atoms with Crippen molar-refractivity contribution < 1.29 is 0 Å². The number of fused-ring (bicyclic) bond motifs is 1. The highest BCUT2D eigenvalue weighted by atomic mass is 14.8. The molecule has 0 saturated heterocycles. The SMILES string of the molecule is CNCCc1nc2ccc(C)cc2cc1C. The molecule has 2 heteroatoms. The van der Waals surface area contributed by atoms with Crippen LogP contribution >= 0.6 is 0 Å². The second kappa shape index (κ2) is 4.62. The van der Waals surface area contributed by atoms with Gasteiger partial charge in [-0.15, -0.1) is 0 Å². The molecule has 0 saturated carbocycles. The van der Waals surface area contributed by atoms with E-state index in [-0.39, 0.29) is 0 Å². The molecule has 0 amide bonds. The predicted octanol–water partition coefficient (Wildman–Crippen LogP) is 2.61. The van der Waals surface area contributed by atoms with Gasteiger partial charge in [0, 0.05) is 24.0 Å². The Balaban J connectivity index is 2.45. The van der Waals surface area contributed by atoms with E-state index in [1.165, 1.54) is 22.2 Å². The summed E-state index contributed by atoms with van der Waals surface area (Å²) in [6.45, 7) is 5.23. The van der Waals surface area contributed by atoms with E-state index in [0.717, 1.165) is 18.5 Å². The van der Waals surface area contributed by atoms with Gasteiger partial charge in [-0.3, -0.25) is 4.98 Å². The predicted molar refractivity (Wildman–Crippen MR) is 68.8 cm³/mol. The van der Waals surface area contributed by atoms with Gasteiger partial charge in [-0.05, 0) is 44.7 Å². The highest BCUT2D eigenvalue weighted by Crippen LogP contribution is 2.18. The normalized spacial score (nSPS) is 10.9. The Morgan fingerprint density at radius 2 is 2.00 bits per heavy atom. The maximum absolute atomic E-state index is 4.71.